The summed E-state index contributed by atoms with van der Waals surface area (Å²) in [6, 6.07) is 6.44. The molecule has 0 fully saturated rings. The first-order valence-corrected chi connectivity index (χ1v) is 6.91. The summed E-state index contributed by atoms with van der Waals surface area (Å²) in [6.07, 6.45) is 3.48. The standard InChI is InChI=1S/C13H14S2/c1-11(13-6-3-8-15-13)4-2-5-12-7-9-14-10-12/h3,6-10H,1-2,4-5H2. The van der Waals surface area contributed by atoms with Gasteiger partial charge in [0, 0.05) is 4.88 Å². The maximum atomic E-state index is 4.13. The van der Waals surface area contributed by atoms with Crippen LogP contribution in [-0.2, 0) is 6.42 Å². The SMILES string of the molecule is C=C(CCCc1ccsc1)c1cccs1. The minimum absolute atomic E-state index is 1.11. The Kier molecular flexibility index (Phi) is 3.75. The molecule has 0 aliphatic heterocycles. The van der Waals surface area contributed by atoms with Crippen LogP contribution in [0.3, 0.4) is 0 Å². The van der Waals surface area contributed by atoms with E-state index in [4.69, 9.17) is 0 Å². The fourth-order valence-corrected chi connectivity index (χ4v) is 2.98. The van der Waals surface area contributed by atoms with Crippen molar-refractivity contribution < 1.29 is 0 Å². The second kappa shape index (κ2) is 5.29. The molecule has 0 N–H and O–H groups in total. The molecule has 0 bridgehead atoms. The Labute approximate surface area is 98.9 Å². The van der Waals surface area contributed by atoms with Crippen LogP contribution in [0.1, 0.15) is 23.3 Å². The molecule has 0 atom stereocenters. The van der Waals surface area contributed by atoms with Crippen molar-refractivity contribution in [1.82, 2.24) is 0 Å². The predicted octanol–water partition coefficient (Wildman–Crippen LogP) is 4.85. The van der Waals surface area contributed by atoms with Crippen molar-refractivity contribution in [1.29, 1.82) is 0 Å². The van der Waals surface area contributed by atoms with Crippen LogP contribution in [0.5, 0.6) is 0 Å². The fraction of sp³-hybridized carbons (Fsp3) is 0.231. The van der Waals surface area contributed by atoms with Crippen LogP contribution in [0.25, 0.3) is 5.57 Å². The first-order valence-electron chi connectivity index (χ1n) is 5.09. The number of aryl methyl sites for hydroxylation is 1. The molecule has 0 radical (unpaired) electrons. The minimum atomic E-state index is 1.11. The summed E-state index contributed by atoms with van der Waals surface area (Å²) in [4.78, 5) is 1.33. The quantitative estimate of drug-likeness (QED) is 0.694. The highest BCUT2D eigenvalue weighted by molar-refractivity contribution is 7.11. The van der Waals surface area contributed by atoms with Gasteiger partial charge in [0.25, 0.3) is 0 Å². The lowest BCUT2D eigenvalue weighted by atomic mass is 10.1. The summed E-state index contributed by atoms with van der Waals surface area (Å²) in [7, 11) is 0. The minimum Gasteiger partial charge on any atom is -0.152 e. The summed E-state index contributed by atoms with van der Waals surface area (Å²) in [5.74, 6) is 0. The molecule has 0 amide bonds. The van der Waals surface area contributed by atoms with Gasteiger partial charge in [-0.25, -0.2) is 0 Å². The first kappa shape index (κ1) is 10.7. The summed E-state index contributed by atoms with van der Waals surface area (Å²) in [5, 5.41) is 6.48. The number of rotatable bonds is 5. The Balaban J connectivity index is 1.77. The second-order valence-corrected chi connectivity index (χ2v) is 5.29. The molecule has 15 heavy (non-hydrogen) atoms. The molecule has 2 aromatic heterocycles. The molecule has 2 aromatic rings. The molecule has 0 aliphatic carbocycles. The van der Waals surface area contributed by atoms with Gasteiger partial charge in [0.15, 0.2) is 0 Å². The zero-order chi connectivity index (χ0) is 10.5. The van der Waals surface area contributed by atoms with Crippen LogP contribution in [0.4, 0.5) is 0 Å². The first-order chi connectivity index (χ1) is 7.36. The van der Waals surface area contributed by atoms with E-state index < -0.39 is 0 Å². The molecule has 0 aliphatic rings. The van der Waals surface area contributed by atoms with E-state index in [-0.39, 0.29) is 0 Å². The molecule has 2 heteroatoms. The van der Waals surface area contributed by atoms with E-state index in [1.807, 2.05) is 0 Å². The average molecular weight is 234 g/mol. The maximum absolute atomic E-state index is 4.13. The molecular formula is C13H14S2. The summed E-state index contributed by atoms with van der Waals surface area (Å²) in [6.45, 7) is 4.13. The van der Waals surface area contributed by atoms with Crippen molar-refractivity contribution in [2.45, 2.75) is 19.3 Å². The van der Waals surface area contributed by atoms with Gasteiger partial charge in [-0.3, -0.25) is 0 Å². The van der Waals surface area contributed by atoms with Crippen molar-refractivity contribution in [3.05, 3.63) is 51.4 Å². The predicted molar refractivity (Wildman–Crippen MR) is 70.6 cm³/mol. The van der Waals surface area contributed by atoms with E-state index >= 15 is 0 Å². The third-order valence-corrected chi connectivity index (χ3v) is 4.10. The summed E-state index contributed by atoms with van der Waals surface area (Å²) < 4.78 is 0. The van der Waals surface area contributed by atoms with Gasteiger partial charge >= 0.3 is 0 Å². The van der Waals surface area contributed by atoms with Crippen molar-refractivity contribution in [3.63, 3.8) is 0 Å². The number of hydrogen-bond acceptors (Lipinski definition) is 2. The van der Waals surface area contributed by atoms with Gasteiger partial charge < -0.3 is 0 Å². The van der Waals surface area contributed by atoms with Crippen molar-refractivity contribution in [2.75, 3.05) is 0 Å². The van der Waals surface area contributed by atoms with E-state index in [1.165, 1.54) is 28.9 Å². The lowest BCUT2D eigenvalue weighted by Gasteiger charge is -2.01. The fourth-order valence-electron chi connectivity index (χ4n) is 1.54. The third kappa shape index (κ3) is 3.05. The van der Waals surface area contributed by atoms with Gasteiger partial charge in [0.1, 0.15) is 0 Å². The molecule has 0 spiro atoms. The molecule has 2 rings (SSSR count). The molecular weight excluding hydrogens is 220 g/mol. The van der Waals surface area contributed by atoms with Crippen LogP contribution in [-0.4, -0.2) is 0 Å². The Morgan fingerprint density at radius 2 is 2.20 bits per heavy atom. The highest BCUT2D eigenvalue weighted by Gasteiger charge is 2.00. The largest absolute Gasteiger partial charge is 0.152 e. The van der Waals surface area contributed by atoms with Crippen molar-refractivity contribution in [3.8, 4) is 0 Å². The molecule has 0 saturated heterocycles. The van der Waals surface area contributed by atoms with Crippen LogP contribution >= 0.6 is 22.7 Å². The zero-order valence-corrected chi connectivity index (χ0v) is 10.2. The van der Waals surface area contributed by atoms with Crippen molar-refractivity contribution in [2.24, 2.45) is 0 Å². The Morgan fingerprint density at radius 1 is 1.27 bits per heavy atom. The maximum Gasteiger partial charge on any atom is 0.0296 e. The summed E-state index contributed by atoms with van der Waals surface area (Å²) in [5.41, 5.74) is 2.74. The third-order valence-electron chi connectivity index (χ3n) is 2.39. The van der Waals surface area contributed by atoms with E-state index in [2.05, 4.69) is 40.9 Å². The van der Waals surface area contributed by atoms with Gasteiger partial charge in [-0.1, -0.05) is 12.6 Å². The molecule has 78 valence electrons. The monoisotopic (exact) mass is 234 g/mol. The highest BCUT2D eigenvalue weighted by Crippen LogP contribution is 2.23. The van der Waals surface area contributed by atoms with Crippen LogP contribution in [0.2, 0.25) is 0 Å². The van der Waals surface area contributed by atoms with Gasteiger partial charge in [0.2, 0.25) is 0 Å². The van der Waals surface area contributed by atoms with Gasteiger partial charge in [-0.2, -0.15) is 11.3 Å². The van der Waals surface area contributed by atoms with Gasteiger partial charge in [-0.05, 0) is 58.7 Å². The van der Waals surface area contributed by atoms with Crippen LogP contribution in [0.15, 0.2) is 40.9 Å². The Hall–Kier alpha value is -0.860. The molecule has 0 nitrogen and oxygen atoms in total. The molecule has 0 saturated carbocycles. The van der Waals surface area contributed by atoms with E-state index in [1.54, 1.807) is 22.7 Å². The van der Waals surface area contributed by atoms with E-state index in [0.717, 1.165) is 6.42 Å². The number of thiophene rings is 2. The van der Waals surface area contributed by atoms with E-state index in [0.29, 0.717) is 0 Å². The van der Waals surface area contributed by atoms with Crippen LogP contribution < -0.4 is 0 Å². The Morgan fingerprint density at radius 3 is 2.87 bits per heavy atom. The zero-order valence-electron chi connectivity index (χ0n) is 8.61. The lowest BCUT2D eigenvalue weighted by molar-refractivity contribution is 0.858. The Bertz CT molecular complexity index is 396. The molecule has 2 heterocycles. The second-order valence-electron chi connectivity index (χ2n) is 3.57. The average Bonchev–Trinajstić information content (AvgIpc) is 2.90. The van der Waals surface area contributed by atoms with Crippen molar-refractivity contribution >= 4 is 28.2 Å². The smallest absolute Gasteiger partial charge is 0.0296 e. The molecule has 0 unspecified atom stereocenters. The molecule has 0 aromatic carbocycles. The summed E-state index contributed by atoms with van der Waals surface area (Å²) >= 11 is 3.56. The van der Waals surface area contributed by atoms with Crippen LogP contribution in [0, 0.1) is 0 Å². The van der Waals surface area contributed by atoms with Gasteiger partial charge in [-0.15, -0.1) is 11.3 Å². The van der Waals surface area contributed by atoms with Gasteiger partial charge in [0.05, 0.1) is 0 Å². The highest BCUT2D eigenvalue weighted by atomic mass is 32.1. The lowest BCUT2D eigenvalue weighted by Crippen LogP contribution is -1.84. The normalized spacial score (nSPS) is 10.4. The number of allylic oxidation sites excluding steroid dienone is 1. The number of hydrogen-bond donors (Lipinski definition) is 0. The topological polar surface area (TPSA) is 0 Å². The van der Waals surface area contributed by atoms with E-state index in [9.17, 15) is 0 Å².